The smallest absolute Gasteiger partial charge is 0.320 e. The Labute approximate surface area is 75.9 Å². The summed E-state index contributed by atoms with van der Waals surface area (Å²) >= 11 is 0. The highest BCUT2D eigenvalue weighted by Gasteiger charge is 2.66. The van der Waals surface area contributed by atoms with Gasteiger partial charge in [-0.25, -0.2) is 0 Å². The molecular formula is C8H13NO4. The Morgan fingerprint density at radius 1 is 1.62 bits per heavy atom. The minimum atomic E-state index is -0.931. The molecule has 1 aliphatic rings. The third-order valence-electron chi connectivity index (χ3n) is 2.68. The van der Waals surface area contributed by atoms with Crippen molar-refractivity contribution in [3.63, 3.8) is 0 Å². The molecule has 3 atom stereocenters. The summed E-state index contributed by atoms with van der Waals surface area (Å²) in [6.45, 7) is 3.14. The van der Waals surface area contributed by atoms with Crippen molar-refractivity contribution >= 4 is 11.9 Å². The molecule has 74 valence electrons. The molecule has 0 aromatic carbocycles. The molecule has 1 saturated carbocycles. The Morgan fingerprint density at radius 2 is 2.15 bits per heavy atom. The predicted octanol–water partition coefficient (Wildman–Crippen LogP) is -0.402. The third kappa shape index (κ3) is 1.51. The van der Waals surface area contributed by atoms with E-state index >= 15 is 0 Å². The Hall–Kier alpha value is -1.10. The largest absolute Gasteiger partial charge is 0.481 e. The van der Waals surface area contributed by atoms with Gasteiger partial charge in [0.05, 0.1) is 6.54 Å². The number of carboxylic acid groups (broad SMARTS) is 1. The van der Waals surface area contributed by atoms with Gasteiger partial charge in [0.1, 0.15) is 11.5 Å². The average molecular weight is 187 g/mol. The van der Waals surface area contributed by atoms with E-state index in [1.54, 1.807) is 13.8 Å². The lowest BCUT2D eigenvalue weighted by Crippen LogP contribution is -2.26. The van der Waals surface area contributed by atoms with Crippen molar-refractivity contribution < 1.29 is 19.4 Å². The van der Waals surface area contributed by atoms with Crippen molar-refractivity contribution in [2.75, 3.05) is 6.54 Å². The Kier molecular flexibility index (Phi) is 2.30. The summed E-state index contributed by atoms with van der Waals surface area (Å²) in [7, 11) is 0. The second-order valence-electron chi connectivity index (χ2n) is 3.47. The van der Waals surface area contributed by atoms with E-state index in [1.807, 2.05) is 0 Å². The number of esters is 1. The highest BCUT2D eigenvalue weighted by molar-refractivity contribution is 5.79. The maximum atomic E-state index is 10.8. The van der Waals surface area contributed by atoms with Gasteiger partial charge in [-0.15, -0.1) is 0 Å². The van der Waals surface area contributed by atoms with Crippen molar-refractivity contribution in [3.05, 3.63) is 0 Å². The average Bonchev–Trinajstić information content (AvgIpc) is 2.53. The quantitative estimate of drug-likeness (QED) is 0.586. The fourth-order valence-electron chi connectivity index (χ4n) is 1.60. The zero-order valence-electron chi connectivity index (χ0n) is 7.61. The molecule has 5 heteroatoms. The minimum absolute atomic E-state index is 0.138. The van der Waals surface area contributed by atoms with Crippen molar-refractivity contribution in [2.24, 2.45) is 17.6 Å². The molecule has 0 radical (unpaired) electrons. The number of aliphatic carboxylic acids is 1. The number of carboxylic acids is 1. The number of carbonyl (C=O) groups is 2. The second-order valence-corrected chi connectivity index (χ2v) is 3.47. The first-order valence-electron chi connectivity index (χ1n) is 4.08. The van der Waals surface area contributed by atoms with E-state index in [2.05, 4.69) is 0 Å². The molecule has 5 nitrogen and oxygen atoms in total. The van der Waals surface area contributed by atoms with E-state index in [0.717, 1.165) is 0 Å². The lowest BCUT2D eigenvalue weighted by atomic mass is 10.3. The molecule has 0 heterocycles. The van der Waals surface area contributed by atoms with Crippen LogP contribution in [0.25, 0.3) is 0 Å². The summed E-state index contributed by atoms with van der Waals surface area (Å²) in [6.07, 6.45) is 0. The van der Waals surface area contributed by atoms with Crippen molar-refractivity contribution in [1.82, 2.24) is 0 Å². The van der Waals surface area contributed by atoms with Gasteiger partial charge in [-0.05, 0) is 6.92 Å². The van der Waals surface area contributed by atoms with E-state index in [0.29, 0.717) is 0 Å². The summed E-state index contributed by atoms with van der Waals surface area (Å²) < 4.78 is 4.94. The Morgan fingerprint density at radius 3 is 2.46 bits per heavy atom. The van der Waals surface area contributed by atoms with Crippen LogP contribution >= 0.6 is 0 Å². The highest BCUT2D eigenvalue weighted by atomic mass is 16.6. The fourth-order valence-corrected chi connectivity index (χ4v) is 1.60. The van der Waals surface area contributed by atoms with Gasteiger partial charge in [-0.1, -0.05) is 6.92 Å². The fraction of sp³-hybridized carbons (Fsp3) is 0.750. The topological polar surface area (TPSA) is 89.6 Å². The molecular weight excluding hydrogens is 174 g/mol. The van der Waals surface area contributed by atoms with Gasteiger partial charge in [0.15, 0.2) is 0 Å². The summed E-state index contributed by atoms with van der Waals surface area (Å²) in [6, 6.07) is 0. The molecule has 1 rings (SSSR count). The van der Waals surface area contributed by atoms with Crippen LogP contribution in [0.4, 0.5) is 0 Å². The minimum Gasteiger partial charge on any atom is -0.481 e. The van der Waals surface area contributed by atoms with Crippen LogP contribution in [0.1, 0.15) is 13.8 Å². The maximum Gasteiger partial charge on any atom is 0.320 e. The van der Waals surface area contributed by atoms with Crippen LogP contribution < -0.4 is 5.73 Å². The molecule has 0 aromatic rings. The van der Waals surface area contributed by atoms with Gasteiger partial charge in [0.2, 0.25) is 0 Å². The van der Waals surface area contributed by atoms with Crippen molar-refractivity contribution in [2.45, 2.75) is 19.4 Å². The molecule has 1 aliphatic carbocycles. The number of nitrogens with two attached hydrogens (primary N) is 1. The lowest BCUT2D eigenvalue weighted by Gasteiger charge is -2.11. The molecule has 0 amide bonds. The molecule has 3 N–H and O–H groups in total. The molecule has 13 heavy (non-hydrogen) atoms. The zero-order chi connectivity index (χ0) is 10.2. The van der Waals surface area contributed by atoms with Crippen molar-refractivity contribution in [1.29, 1.82) is 0 Å². The maximum absolute atomic E-state index is 10.8. The van der Waals surface area contributed by atoms with E-state index in [-0.39, 0.29) is 12.5 Å². The lowest BCUT2D eigenvalue weighted by molar-refractivity contribution is -0.152. The van der Waals surface area contributed by atoms with Gasteiger partial charge < -0.3 is 15.6 Å². The first-order valence-corrected chi connectivity index (χ1v) is 4.08. The van der Waals surface area contributed by atoms with Gasteiger partial charge in [0, 0.05) is 5.92 Å². The molecule has 0 saturated heterocycles. The number of carbonyl (C=O) groups excluding carboxylic acids is 1. The van der Waals surface area contributed by atoms with Crippen LogP contribution in [0, 0.1) is 11.8 Å². The molecule has 0 aromatic heterocycles. The first-order chi connectivity index (χ1) is 5.93. The van der Waals surface area contributed by atoms with Gasteiger partial charge >= 0.3 is 11.9 Å². The molecule has 0 aliphatic heterocycles. The summed E-state index contributed by atoms with van der Waals surface area (Å²) in [5.41, 5.74) is 4.19. The van der Waals surface area contributed by atoms with E-state index in [9.17, 15) is 9.59 Å². The van der Waals surface area contributed by atoms with E-state index < -0.39 is 23.5 Å². The number of hydrogen-bond donors (Lipinski definition) is 2. The third-order valence-corrected chi connectivity index (χ3v) is 2.68. The van der Waals surface area contributed by atoms with Gasteiger partial charge in [0.25, 0.3) is 0 Å². The van der Waals surface area contributed by atoms with Crippen LogP contribution in [0.15, 0.2) is 0 Å². The molecule has 0 spiro atoms. The summed E-state index contributed by atoms with van der Waals surface area (Å²) in [4.78, 5) is 21.5. The number of ether oxygens (including phenoxy) is 1. The monoisotopic (exact) mass is 187 g/mol. The van der Waals surface area contributed by atoms with Crippen LogP contribution in [-0.2, 0) is 14.3 Å². The van der Waals surface area contributed by atoms with Crippen LogP contribution in [0.2, 0.25) is 0 Å². The van der Waals surface area contributed by atoms with Crippen LogP contribution in [0.3, 0.4) is 0 Å². The normalized spacial score (nSPS) is 36.8. The second kappa shape index (κ2) is 2.99. The van der Waals surface area contributed by atoms with E-state index in [4.69, 9.17) is 15.6 Å². The van der Waals surface area contributed by atoms with Gasteiger partial charge in [-0.3, -0.25) is 9.59 Å². The van der Waals surface area contributed by atoms with Gasteiger partial charge in [-0.2, -0.15) is 0 Å². The first kappa shape index (κ1) is 9.98. The molecule has 1 fully saturated rings. The number of hydrogen-bond acceptors (Lipinski definition) is 4. The Balaban J connectivity index is 2.61. The van der Waals surface area contributed by atoms with E-state index in [1.165, 1.54) is 0 Å². The highest BCUT2D eigenvalue weighted by Crippen LogP contribution is 2.52. The summed E-state index contributed by atoms with van der Waals surface area (Å²) in [5, 5.41) is 8.72. The Bertz CT molecular complexity index is 253. The van der Waals surface area contributed by atoms with Crippen molar-refractivity contribution in [3.8, 4) is 0 Å². The van der Waals surface area contributed by atoms with Crippen LogP contribution in [0.5, 0.6) is 0 Å². The standard InChI is InChI=1S/C8H13NO4/c1-4-6(7(11)12)8(4,2)13-5(10)3-9/h4,6H,3,9H2,1-2H3,(H,11,12). The molecule has 0 bridgehead atoms. The SMILES string of the molecule is CC1C(C(=O)O)C1(C)OC(=O)CN. The molecule has 3 unspecified atom stereocenters. The van der Waals surface area contributed by atoms with Crippen LogP contribution in [-0.4, -0.2) is 29.2 Å². The zero-order valence-corrected chi connectivity index (χ0v) is 7.61. The number of rotatable bonds is 3. The summed E-state index contributed by atoms with van der Waals surface area (Å²) in [5.74, 6) is -2.22. The predicted molar refractivity (Wildman–Crippen MR) is 43.8 cm³/mol.